The van der Waals surface area contributed by atoms with Gasteiger partial charge in [0.05, 0.1) is 50.7 Å². The van der Waals surface area contributed by atoms with Crippen molar-refractivity contribution < 1.29 is 104 Å². The molecule has 3 rings (SSSR count). The fourth-order valence-electron chi connectivity index (χ4n) is 12.6. The van der Waals surface area contributed by atoms with Crippen LogP contribution in [0.2, 0.25) is 0 Å². The molecule has 0 aliphatic carbocycles. The van der Waals surface area contributed by atoms with Gasteiger partial charge in [-0.2, -0.15) is 0 Å². The summed E-state index contributed by atoms with van der Waals surface area (Å²) in [5.74, 6) is -6.14. The zero-order chi connectivity index (χ0) is 68.2. The number of ether oxygens (including phenoxy) is 6. The standard InChI is InChI=1S/C70H128N2O21/c1-4-6-8-10-12-14-16-18-19-20-21-22-23-24-25-26-27-28-29-30-32-34-36-38-40-42-44-57(80)72-51(52(77)43-41-39-37-35-33-31-17-15-13-11-9-7-5-2)49-88-67-62(84)61(83)64(56(48-75)90-67)91-68-63(85)66(60(82)55(47-74)89-68)93-70(69(86)87)45-53(78)58(71-50(3)76)65(92-70)59(81)54(79)46-73/h24-25,41,43,51-56,58-68,73-75,77-79,81-85H,4-23,26-40,42,44-49H2,1-3H3,(H,71,76)(H,72,80)(H,86,87)/b25-24-,43-41+. The topological polar surface area (TPSA) is 373 Å². The summed E-state index contributed by atoms with van der Waals surface area (Å²) in [6, 6.07) is -2.62. The number of aliphatic carboxylic acids is 1. The number of unbranched alkanes of at least 4 members (excludes halogenated alkanes) is 33. The van der Waals surface area contributed by atoms with Crippen molar-refractivity contribution in [2.45, 2.75) is 375 Å². The lowest BCUT2D eigenvalue weighted by atomic mass is 9.88. The van der Waals surface area contributed by atoms with Crippen molar-refractivity contribution in [2.24, 2.45) is 0 Å². The van der Waals surface area contributed by atoms with Crippen molar-refractivity contribution in [1.29, 1.82) is 0 Å². The predicted molar refractivity (Wildman–Crippen MR) is 352 cm³/mol. The Labute approximate surface area is 555 Å². The van der Waals surface area contributed by atoms with Crippen molar-refractivity contribution in [3.63, 3.8) is 0 Å². The Kier molecular flexibility index (Phi) is 45.9. The second-order valence-electron chi connectivity index (χ2n) is 26.4. The number of carboxylic acids is 1. The van der Waals surface area contributed by atoms with Gasteiger partial charge in [0.15, 0.2) is 12.6 Å². The molecule has 2 amide bonds. The molecule has 14 N–H and O–H groups in total. The Morgan fingerprint density at radius 2 is 1.01 bits per heavy atom. The minimum atomic E-state index is -3.08. The number of allylic oxidation sites excluding steroid dienone is 3. The van der Waals surface area contributed by atoms with E-state index >= 15 is 0 Å². The third-order valence-corrected chi connectivity index (χ3v) is 18.4. The van der Waals surface area contributed by atoms with Crippen LogP contribution in [0.5, 0.6) is 0 Å². The van der Waals surface area contributed by atoms with E-state index < -0.39 is 155 Å². The first-order valence-electron chi connectivity index (χ1n) is 36.2. The number of hydrogen-bond acceptors (Lipinski definition) is 20. The average molecular weight is 1330 g/mol. The first-order valence-corrected chi connectivity index (χ1v) is 36.2. The van der Waals surface area contributed by atoms with E-state index in [0.717, 1.165) is 58.3 Å². The molecule has 0 spiro atoms. The number of aliphatic hydroxyl groups excluding tert-OH is 11. The Hall–Kier alpha value is -2.79. The van der Waals surface area contributed by atoms with Crippen LogP contribution in [0.3, 0.4) is 0 Å². The molecule has 23 nitrogen and oxygen atoms in total. The number of carbonyl (C=O) groups is 3. The van der Waals surface area contributed by atoms with Crippen LogP contribution < -0.4 is 10.6 Å². The first kappa shape index (κ1) is 84.4. The van der Waals surface area contributed by atoms with Gasteiger partial charge in [0, 0.05) is 19.8 Å². The minimum absolute atomic E-state index is 0.200. The van der Waals surface area contributed by atoms with Crippen molar-refractivity contribution >= 4 is 17.8 Å². The Bertz CT molecular complexity index is 1970. The summed E-state index contributed by atoms with van der Waals surface area (Å²) in [4.78, 5) is 38.5. The molecule has 3 aliphatic rings. The fourth-order valence-corrected chi connectivity index (χ4v) is 12.6. The van der Waals surface area contributed by atoms with Crippen molar-refractivity contribution in [3.8, 4) is 0 Å². The lowest BCUT2D eigenvalue weighted by molar-refractivity contribution is -0.386. The molecule has 18 unspecified atom stereocenters. The van der Waals surface area contributed by atoms with Gasteiger partial charge in [-0.25, -0.2) is 4.79 Å². The third kappa shape index (κ3) is 32.6. The molecule has 93 heavy (non-hydrogen) atoms. The number of carbonyl (C=O) groups excluding carboxylic acids is 2. The van der Waals surface area contributed by atoms with Crippen molar-refractivity contribution in [1.82, 2.24) is 10.6 Å². The monoisotopic (exact) mass is 1330 g/mol. The maximum atomic E-state index is 13.5. The van der Waals surface area contributed by atoms with Crippen LogP contribution in [0, 0.1) is 0 Å². The van der Waals surface area contributed by atoms with E-state index in [1.807, 2.05) is 6.08 Å². The van der Waals surface area contributed by atoms with E-state index in [0.29, 0.717) is 12.8 Å². The molecule has 0 aromatic carbocycles. The van der Waals surface area contributed by atoms with Gasteiger partial charge in [0.25, 0.3) is 5.79 Å². The zero-order valence-corrected chi connectivity index (χ0v) is 56.9. The molecule has 18 atom stereocenters. The second-order valence-corrected chi connectivity index (χ2v) is 26.4. The van der Waals surface area contributed by atoms with Crippen LogP contribution in [0.4, 0.5) is 0 Å². The average Bonchev–Trinajstić information content (AvgIpc) is 0.768. The van der Waals surface area contributed by atoms with Gasteiger partial charge in [-0.15, -0.1) is 0 Å². The summed E-state index contributed by atoms with van der Waals surface area (Å²) in [6.07, 6.45) is 22.3. The number of nitrogens with one attached hydrogen (secondary N) is 2. The van der Waals surface area contributed by atoms with E-state index in [-0.39, 0.29) is 12.3 Å². The Morgan fingerprint density at radius 1 is 0.559 bits per heavy atom. The SMILES string of the molecule is CCCCCCCCCCCCC/C=C/C(O)C(COC1OC(CO)C(OC2OC(CO)C(O)C(OC3(C(=O)O)CC(O)C(NC(C)=O)C(C(O)C(O)CO)O3)C2O)C(O)C1O)NC(=O)CCCCCCCCCCCC/C=C\CCCCCCCCCCCCCC. The predicted octanol–water partition coefficient (Wildman–Crippen LogP) is 7.23. The first-order chi connectivity index (χ1) is 44.9. The van der Waals surface area contributed by atoms with E-state index in [9.17, 15) is 75.7 Å². The molecule has 23 heteroatoms. The highest BCUT2D eigenvalue weighted by Crippen LogP contribution is 2.39. The van der Waals surface area contributed by atoms with Gasteiger partial charge in [0.2, 0.25) is 11.8 Å². The highest BCUT2D eigenvalue weighted by atomic mass is 16.8. The number of aliphatic hydroxyl groups is 11. The summed E-state index contributed by atoms with van der Waals surface area (Å²) in [5.41, 5.74) is 0. The molecular formula is C70H128N2O21. The zero-order valence-electron chi connectivity index (χ0n) is 56.9. The fraction of sp³-hybridized carbons (Fsp3) is 0.900. The van der Waals surface area contributed by atoms with Gasteiger partial charge in [-0.1, -0.05) is 224 Å². The van der Waals surface area contributed by atoms with E-state index in [4.69, 9.17) is 28.4 Å². The number of carboxylic acid groups (broad SMARTS) is 1. The Morgan fingerprint density at radius 3 is 1.46 bits per heavy atom. The summed E-state index contributed by atoms with van der Waals surface area (Å²) in [5, 5.41) is 136. The molecule has 3 heterocycles. The van der Waals surface area contributed by atoms with Crippen molar-refractivity contribution in [2.75, 3.05) is 26.4 Å². The lowest BCUT2D eigenvalue weighted by Gasteiger charge is -2.50. The van der Waals surface area contributed by atoms with Crippen LogP contribution in [0.1, 0.15) is 265 Å². The van der Waals surface area contributed by atoms with E-state index in [2.05, 4.69) is 36.6 Å². The number of amides is 2. The molecule has 3 saturated heterocycles. The summed E-state index contributed by atoms with van der Waals surface area (Å²) < 4.78 is 34.8. The normalized spacial score (nSPS) is 28.2. The van der Waals surface area contributed by atoms with Gasteiger partial charge in [0.1, 0.15) is 67.1 Å². The molecular weight excluding hydrogens is 1200 g/mol. The molecule has 3 aliphatic heterocycles. The van der Waals surface area contributed by atoms with Gasteiger partial charge < -0.3 is 100 Å². The molecule has 3 fully saturated rings. The third-order valence-electron chi connectivity index (χ3n) is 18.4. The van der Waals surface area contributed by atoms with Crippen LogP contribution in [-0.4, -0.2) is 215 Å². The van der Waals surface area contributed by atoms with Gasteiger partial charge >= 0.3 is 5.97 Å². The van der Waals surface area contributed by atoms with E-state index in [1.165, 1.54) is 167 Å². The van der Waals surface area contributed by atoms with Gasteiger partial charge in [-0.05, 0) is 44.9 Å². The van der Waals surface area contributed by atoms with Crippen LogP contribution >= 0.6 is 0 Å². The van der Waals surface area contributed by atoms with Gasteiger partial charge in [-0.3, -0.25) is 9.59 Å². The summed E-state index contributed by atoms with van der Waals surface area (Å²) in [6.45, 7) is 2.14. The smallest absolute Gasteiger partial charge is 0.364 e. The molecule has 0 saturated carbocycles. The highest BCUT2D eigenvalue weighted by molar-refractivity contribution is 5.77. The van der Waals surface area contributed by atoms with E-state index in [1.54, 1.807) is 6.08 Å². The second kappa shape index (κ2) is 50.5. The lowest BCUT2D eigenvalue weighted by Crippen LogP contribution is -2.70. The summed E-state index contributed by atoms with van der Waals surface area (Å²) >= 11 is 0. The molecule has 544 valence electrons. The molecule has 0 aromatic rings. The van der Waals surface area contributed by atoms with Crippen LogP contribution in [-0.2, 0) is 42.8 Å². The Balaban J connectivity index is 1.54. The summed E-state index contributed by atoms with van der Waals surface area (Å²) in [7, 11) is 0. The minimum Gasteiger partial charge on any atom is -0.477 e. The number of rotatable bonds is 55. The van der Waals surface area contributed by atoms with Crippen LogP contribution in [0.25, 0.3) is 0 Å². The largest absolute Gasteiger partial charge is 0.477 e. The maximum absolute atomic E-state index is 13.5. The van der Waals surface area contributed by atoms with Crippen molar-refractivity contribution in [3.05, 3.63) is 24.3 Å². The number of hydrogen-bond donors (Lipinski definition) is 14. The quantitative estimate of drug-likeness (QED) is 0.0211. The maximum Gasteiger partial charge on any atom is 0.364 e. The molecule has 0 aromatic heterocycles. The molecule has 0 radical (unpaired) electrons. The highest BCUT2D eigenvalue weighted by Gasteiger charge is 2.60. The van der Waals surface area contributed by atoms with Crippen LogP contribution in [0.15, 0.2) is 24.3 Å². The molecule has 0 bridgehead atoms.